The van der Waals surface area contributed by atoms with Crippen molar-refractivity contribution in [3.63, 3.8) is 0 Å². The van der Waals surface area contributed by atoms with E-state index in [0.717, 1.165) is 6.42 Å². The van der Waals surface area contributed by atoms with Gasteiger partial charge in [-0.1, -0.05) is 0 Å². The highest BCUT2D eigenvalue weighted by Crippen LogP contribution is 2.24. The van der Waals surface area contributed by atoms with E-state index in [1.165, 1.54) is 12.1 Å². The van der Waals surface area contributed by atoms with Gasteiger partial charge in [0.15, 0.2) is 0 Å². The third-order valence-corrected chi connectivity index (χ3v) is 2.37. The number of benzene rings is 1. The van der Waals surface area contributed by atoms with Crippen molar-refractivity contribution >= 4 is 17.3 Å². The minimum absolute atomic E-state index is 0.0502. The minimum Gasteiger partial charge on any atom is -0.396 e. The van der Waals surface area contributed by atoms with Crippen LogP contribution >= 0.6 is 0 Å². The molecular weight excluding hydrogens is 183 g/mol. The van der Waals surface area contributed by atoms with Gasteiger partial charge in [-0.2, -0.15) is 0 Å². The fourth-order valence-corrected chi connectivity index (χ4v) is 1.61. The normalized spacial score (nSPS) is 16.4. The van der Waals surface area contributed by atoms with Crippen LogP contribution in [0.15, 0.2) is 18.2 Å². The lowest BCUT2D eigenvalue weighted by atomic mass is 10.2. The quantitative estimate of drug-likeness (QED) is 0.689. The number of nitrogen functional groups attached to an aromatic ring is 1. The van der Waals surface area contributed by atoms with Crippen molar-refractivity contribution in [1.29, 1.82) is 0 Å². The molecule has 2 N–H and O–H groups in total. The van der Waals surface area contributed by atoms with Crippen LogP contribution in [0.25, 0.3) is 0 Å². The van der Waals surface area contributed by atoms with Gasteiger partial charge < -0.3 is 10.6 Å². The summed E-state index contributed by atoms with van der Waals surface area (Å²) in [5, 5.41) is 0. The van der Waals surface area contributed by atoms with Gasteiger partial charge in [0.05, 0.1) is 5.69 Å². The van der Waals surface area contributed by atoms with E-state index in [-0.39, 0.29) is 11.6 Å². The van der Waals surface area contributed by atoms with E-state index < -0.39 is 5.82 Å². The van der Waals surface area contributed by atoms with Gasteiger partial charge in [0.25, 0.3) is 0 Å². The van der Waals surface area contributed by atoms with Crippen LogP contribution in [0.2, 0.25) is 0 Å². The molecule has 1 aromatic rings. The second-order valence-electron chi connectivity index (χ2n) is 3.35. The molecule has 0 bridgehead atoms. The van der Waals surface area contributed by atoms with Crippen LogP contribution in [-0.4, -0.2) is 12.5 Å². The van der Waals surface area contributed by atoms with E-state index in [1.54, 1.807) is 11.0 Å². The molecule has 0 spiro atoms. The fourth-order valence-electron chi connectivity index (χ4n) is 1.61. The predicted molar refractivity (Wildman–Crippen MR) is 52.4 cm³/mol. The summed E-state index contributed by atoms with van der Waals surface area (Å²) >= 11 is 0. The highest BCUT2D eigenvalue weighted by Gasteiger charge is 2.21. The van der Waals surface area contributed by atoms with E-state index in [1.807, 2.05) is 0 Å². The SMILES string of the molecule is Nc1ccc(N2CCCC2=O)cc1F. The molecule has 1 aliphatic heterocycles. The van der Waals surface area contributed by atoms with Gasteiger partial charge >= 0.3 is 0 Å². The van der Waals surface area contributed by atoms with E-state index in [4.69, 9.17) is 5.73 Å². The van der Waals surface area contributed by atoms with Crippen molar-refractivity contribution in [2.24, 2.45) is 0 Å². The van der Waals surface area contributed by atoms with Crippen molar-refractivity contribution in [2.45, 2.75) is 12.8 Å². The Morgan fingerprint density at radius 3 is 2.79 bits per heavy atom. The van der Waals surface area contributed by atoms with Crippen LogP contribution in [0.4, 0.5) is 15.8 Å². The smallest absolute Gasteiger partial charge is 0.227 e. The summed E-state index contributed by atoms with van der Waals surface area (Å²) in [5.74, 6) is -0.420. The van der Waals surface area contributed by atoms with Crippen molar-refractivity contribution in [1.82, 2.24) is 0 Å². The average Bonchev–Trinajstić information content (AvgIpc) is 2.57. The molecule has 3 nitrogen and oxygen atoms in total. The standard InChI is InChI=1S/C10H11FN2O/c11-8-6-7(3-4-9(8)12)13-5-1-2-10(13)14/h3-4,6H,1-2,5,12H2. The molecule has 0 saturated carbocycles. The van der Waals surface area contributed by atoms with Crippen molar-refractivity contribution in [2.75, 3.05) is 17.2 Å². The molecule has 0 aliphatic carbocycles. The molecule has 0 atom stereocenters. The summed E-state index contributed by atoms with van der Waals surface area (Å²) in [5.41, 5.74) is 6.05. The average molecular weight is 194 g/mol. The summed E-state index contributed by atoms with van der Waals surface area (Å²) in [4.78, 5) is 12.9. The summed E-state index contributed by atoms with van der Waals surface area (Å²) in [6.07, 6.45) is 1.39. The van der Waals surface area contributed by atoms with Gasteiger partial charge in [-0.15, -0.1) is 0 Å². The van der Waals surface area contributed by atoms with Gasteiger partial charge in [0, 0.05) is 18.7 Å². The molecule has 4 heteroatoms. The molecule has 1 saturated heterocycles. The van der Waals surface area contributed by atoms with Gasteiger partial charge in [-0.05, 0) is 24.6 Å². The third kappa shape index (κ3) is 1.43. The van der Waals surface area contributed by atoms with Crippen LogP contribution in [-0.2, 0) is 4.79 Å². The Morgan fingerprint density at radius 1 is 1.43 bits per heavy atom. The van der Waals surface area contributed by atoms with Crippen LogP contribution in [0, 0.1) is 5.82 Å². The molecule has 1 heterocycles. The highest BCUT2D eigenvalue weighted by molar-refractivity contribution is 5.95. The molecule has 1 amide bonds. The summed E-state index contributed by atoms with van der Waals surface area (Å²) in [6.45, 7) is 0.669. The van der Waals surface area contributed by atoms with Crippen LogP contribution < -0.4 is 10.6 Å². The Balaban J connectivity index is 2.32. The maximum absolute atomic E-state index is 13.1. The summed E-state index contributed by atoms with van der Waals surface area (Å²) < 4.78 is 13.1. The van der Waals surface area contributed by atoms with Crippen LogP contribution in [0.3, 0.4) is 0 Å². The summed E-state index contributed by atoms with van der Waals surface area (Å²) in [7, 11) is 0. The number of anilines is 2. The number of amides is 1. The second kappa shape index (κ2) is 3.29. The number of carbonyl (C=O) groups excluding carboxylic acids is 1. The van der Waals surface area contributed by atoms with Gasteiger partial charge in [0.1, 0.15) is 5.82 Å². The first-order valence-corrected chi connectivity index (χ1v) is 4.54. The van der Waals surface area contributed by atoms with Gasteiger partial charge in [0.2, 0.25) is 5.91 Å². The fraction of sp³-hybridized carbons (Fsp3) is 0.300. The maximum atomic E-state index is 13.1. The Hall–Kier alpha value is -1.58. The number of rotatable bonds is 1. The largest absolute Gasteiger partial charge is 0.396 e. The lowest BCUT2D eigenvalue weighted by Gasteiger charge is -2.15. The van der Waals surface area contributed by atoms with Crippen molar-refractivity contribution in [3.8, 4) is 0 Å². The van der Waals surface area contributed by atoms with E-state index >= 15 is 0 Å². The number of carbonyl (C=O) groups is 1. The van der Waals surface area contributed by atoms with E-state index in [0.29, 0.717) is 18.7 Å². The first kappa shape index (κ1) is 8.99. The molecule has 74 valence electrons. The monoisotopic (exact) mass is 194 g/mol. The Kier molecular flexibility index (Phi) is 2.11. The Labute approximate surface area is 81.3 Å². The predicted octanol–water partition coefficient (Wildman–Crippen LogP) is 1.53. The van der Waals surface area contributed by atoms with E-state index in [2.05, 4.69) is 0 Å². The van der Waals surface area contributed by atoms with Crippen LogP contribution in [0.1, 0.15) is 12.8 Å². The van der Waals surface area contributed by atoms with Gasteiger partial charge in [-0.25, -0.2) is 4.39 Å². The number of hydrogen-bond donors (Lipinski definition) is 1. The Bertz CT molecular complexity index is 378. The molecule has 0 radical (unpaired) electrons. The number of halogens is 1. The van der Waals surface area contributed by atoms with Crippen molar-refractivity contribution in [3.05, 3.63) is 24.0 Å². The minimum atomic E-state index is -0.470. The number of hydrogen-bond acceptors (Lipinski definition) is 2. The zero-order valence-electron chi connectivity index (χ0n) is 7.66. The van der Waals surface area contributed by atoms with Crippen LogP contribution in [0.5, 0.6) is 0 Å². The lowest BCUT2D eigenvalue weighted by Crippen LogP contribution is -2.23. The lowest BCUT2D eigenvalue weighted by molar-refractivity contribution is -0.117. The first-order chi connectivity index (χ1) is 6.68. The Morgan fingerprint density at radius 2 is 2.21 bits per heavy atom. The molecule has 0 aromatic heterocycles. The number of nitrogens with two attached hydrogens (primary N) is 1. The molecule has 1 aromatic carbocycles. The third-order valence-electron chi connectivity index (χ3n) is 2.37. The second-order valence-corrected chi connectivity index (χ2v) is 3.35. The molecule has 0 unspecified atom stereocenters. The number of nitrogens with zero attached hydrogens (tertiary/aromatic N) is 1. The molecule has 1 fully saturated rings. The summed E-state index contributed by atoms with van der Waals surface area (Å²) in [6, 6.07) is 4.45. The zero-order chi connectivity index (χ0) is 10.1. The molecule has 1 aliphatic rings. The van der Waals surface area contributed by atoms with Gasteiger partial charge in [-0.3, -0.25) is 4.79 Å². The van der Waals surface area contributed by atoms with E-state index in [9.17, 15) is 9.18 Å². The topological polar surface area (TPSA) is 46.3 Å². The maximum Gasteiger partial charge on any atom is 0.227 e. The highest BCUT2D eigenvalue weighted by atomic mass is 19.1. The molecule has 2 rings (SSSR count). The molecule has 14 heavy (non-hydrogen) atoms. The molecular formula is C10H11FN2O. The van der Waals surface area contributed by atoms with Crippen molar-refractivity contribution < 1.29 is 9.18 Å². The zero-order valence-corrected chi connectivity index (χ0v) is 7.66. The first-order valence-electron chi connectivity index (χ1n) is 4.54.